The van der Waals surface area contributed by atoms with Gasteiger partial charge in [0.05, 0.1) is 25.4 Å². The molecule has 9 amide bonds. The summed E-state index contributed by atoms with van der Waals surface area (Å²) >= 11 is 0. The first-order valence-electron chi connectivity index (χ1n) is 28.8. The molecule has 2 aromatic carbocycles. The number of hydrogen-bond donors (Lipinski definition) is 18. The van der Waals surface area contributed by atoms with Crippen LogP contribution in [0.15, 0.2) is 72.2 Å². The Labute approximate surface area is 514 Å². The first-order valence-corrected chi connectivity index (χ1v) is 28.8. The average Bonchev–Trinajstić information content (AvgIpc) is 2.26. The predicted molar refractivity (Wildman–Crippen MR) is 319 cm³/mol. The van der Waals surface area contributed by atoms with E-state index in [-0.39, 0.29) is 81.2 Å². The van der Waals surface area contributed by atoms with Crippen molar-refractivity contribution in [3.05, 3.63) is 84.1 Å². The molecule has 0 aliphatic carbocycles. The molecule has 9 atom stereocenters. The van der Waals surface area contributed by atoms with E-state index in [1.165, 1.54) is 41.7 Å². The van der Waals surface area contributed by atoms with Gasteiger partial charge in [0.1, 0.15) is 60.6 Å². The maximum Gasteiger partial charge on any atom is 0.322 e. The molecule has 33 nitrogen and oxygen atoms in total. The molecule has 0 saturated carbocycles. The second-order valence-corrected chi connectivity index (χ2v) is 21.8. The Hall–Kier alpha value is -10.2. The van der Waals surface area contributed by atoms with Crippen LogP contribution in [0, 0.1) is 5.92 Å². The number of carbonyl (C=O) groups is 12. The zero-order valence-corrected chi connectivity index (χ0v) is 49.4. The number of nitrogens with two attached hydrogens (primary N) is 3. The van der Waals surface area contributed by atoms with E-state index in [2.05, 4.69) is 62.5 Å². The number of nitrogens with one attached hydrogen (secondary N) is 10. The Balaban J connectivity index is 1.40. The number of rotatable bonds is 36. The third-order valence-electron chi connectivity index (χ3n) is 14.3. The SMILES string of the molecule is CC(C)C[C@H](NC(=O)[C@H](CC(=O)O)NC(=O)[C@H](Cc1ccc(O)cc1)NC(=O)[C@H](CO)NC(=O)[C@H](Cc1c[nH]c2ccccc12)NC(=O)[C@H](Cc1cnc[nH]1)NC(=O)[C@@H](N)CCC(=O)O)C(=O)N[C@@H](CCCN=C(N)N)C(=O)N1CCC[C@H]1C(=O)NCC(=O)O. The fraction of sp³-hybridized carbons (Fsp3) is 0.474. The molecule has 1 fully saturated rings. The molecular weight excluding hydrogens is 1180 g/mol. The topological polar surface area (TPSA) is 540 Å². The van der Waals surface area contributed by atoms with Crippen molar-refractivity contribution in [1.82, 2.24) is 62.4 Å². The Bertz CT molecular complexity index is 3210. The lowest BCUT2D eigenvalue weighted by Gasteiger charge is -2.30. The number of aromatic hydroxyl groups is 1. The number of aliphatic hydroxyl groups excluding tert-OH is 1. The number of likely N-dealkylation sites (tertiary alicyclic amines) is 1. The van der Waals surface area contributed by atoms with Crippen molar-refractivity contribution in [1.29, 1.82) is 0 Å². The number of guanidine groups is 1. The second kappa shape index (κ2) is 34.4. The zero-order valence-electron chi connectivity index (χ0n) is 49.4. The summed E-state index contributed by atoms with van der Waals surface area (Å²) in [6.07, 6.45) is 1.96. The third kappa shape index (κ3) is 22.2. The minimum absolute atomic E-state index is 0.0132. The average molecular weight is 1260 g/mol. The van der Waals surface area contributed by atoms with Gasteiger partial charge in [-0.3, -0.25) is 62.5 Å². The maximum absolute atomic E-state index is 14.5. The molecule has 0 bridgehead atoms. The Morgan fingerprint density at radius 1 is 0.678 bits per heavy atom. The molecular formula is C57H78N16O17. The van der Waals surface area contributed by atoms with E-state index < -0.39 is 158 Å². The Morgan fingerprint density at radius 2 is 1.26 bits per heavy atom. The normalized spacial score (nSPS) is 15.5. The summed E-state index contributed by atoms with van der Waals surface area (Å²) < 4.78 is 0. The van der Waals surface area contributed by atoms with Crippen molar-refractivity contribution in [3.8, 4) is 5.75 Å². The van der Waals surface area contributed by atoms with Gasteiger partial charge in [-0.1, -0.05) is 44.2 Å². The fourth-order valence-electron chi connectivity index (χ4n) is 9.78. The number of hydrogen-bond acceptors (Lipinski definition) is 17. The maximum atomic E-state index is 14.5. The molecule has 5 rings (SSSR count). The Morgan fingerprint density at radius 3 is 1.87 bits per heavy atom. The van der Waals surface area contributed by atoms with Gasteiger partial charge >= 0.3 is 17.9 Å². The van der Waals surface area contributed by atoms with E-state index in [0.717, 1.165) is 0 Å². The number of carbonyl (C=O) groups excluding carboxylic acids is 9. The number of aliphatic carboxylic acids is 3. The van der Waals surface area contributed by atoms with Crippen molar-refractivity contribution in [2.24, 2.45) is 28.1 Å². The summed E-state index contributed by atoms with van der Waals surface area (Å²) in [5.41, 5.74) is 18.7. The molecule has 1 aliphatic heterocycles. The van der Waals surface area contributed by atoms with Crippen molar-refractivity contribution >= 4 is 87.9 Å². The zero-order chi connectivity index (χ0) is 66.2. The van der Waals surface area contributed by atoms with E-state index in [9.17, 15) is 72.9 Å². The van der Waals surface area contributed by atoms with E-state index in [4.69, 9.17) is 27.4 Å². The van der Waals surface area contributed by atoms with Crippen LogP contribution in [-0.2, 0) is 76.8 Å². The highest BCUT2D eigenvalue weighted by Crippen LogP contribution is 2.22. The molecule has 2 aromatic heterocycles. The fourth-order valence-corrected chi connectivity index (χ4v) is 9.78. The third-order valence-corrected chi connectivity index (χ3v) is 14.3. The number of benzene rings is 2. The molecule has 90 heavy (non-hydrogen) atoms. The molecule has 33 heteroatoms. The molecule has 0 spiro atoms. The highest BCUT2D eigenvalue weighted by Gasteiger charge is 2.40. The monoisotopic (exact) mass is 1260 g/mol. The number of H-pyrrole nitrogens is 2. The number of aliphatic hydroxyl groups is 1. The number of para-hydroxylation sites is 1. The summed E-state index contributed by atoms with van der Waals surface area (Å²) in [6, 6.07) is -1.76. The van der Waals surface area contributed by atoms with E-state index in [0.29, 0.717) is 28.6 Å². The van der Waals surface area contributed by atoms with Crippen molar-refractivity contribution < 1.29 is 83.1 Å². The minimum atomic E-state index is -1.98. The van der Waals surface area contributed by atoms with Crippen molar-refractivity contribution in [2.45, 2.75) is 139 Å². The van der Waals surface area contributed by atoms with Gasteiger partial charge in [0.2, 0.25) is 53.2 Å². The Kier molecular flexibility index (Phi) is 27.0. The van der Waals surface area contributed by atoms with Gasteiger partial charge in [-0.2, -0.15) is 0 Å². The molecule has 0 radical (unpaired) electrons. The lowest BCUT2D eigenvalue weighted by atomic mass is 10.0. The second-order valence-electron chi connectivity index (χ2n) is 21.8. The molecule has 0 unspecified atom stereocenters. The molecule has 21 N–H and O–H groups in total. The van der Waals surface area contributed by atoms with E-state index >= 15 is 0 Å². The van der Waals surface area contributed by atoms with Gasteiger partial charge in [-0.15, -0.1) is 0 Å². The van der Waals surface area contributed by atoms with Crippen LogP contribution in [0.3, 0.4) is 0 Å². The van der Waals surface area contributed by atoms with Gasteiger partial charge in [0.15, 0.2) is 5.96 Å². The van der Waals surface area contributed by atoms with Gasteiger partial charge in [0, 0.05) is 67.8 Å². The summed E-state index contributed by atoms with van der Waals surface area (Å²) in [5.74, 6) is -13.8. The van der Waals surface area contributed by atoms with Crippen molar-refractivity contribution in [2.75, 3.05) is 26.2 Å². The molecule has 488 valence electrons. The van der Waals surface area contributed by atoms with E-state index in [1.807, 2.05) is 0 Å². The number of carboxylic acid groups (broad SMARTS) is 3. The summed E-state index contributed by atoms with van der Waals surface area (Å²) in [6.45, 7) is 1.63. The van der Waals surface area contributed by atoms with Crippen LogP contribution in [0.2, 0.25) is 0 Å². The number of aromatic amines is 2. The van der Waals surface area contributed by atoms with Crippen molar-refractivity contribution in [3.63, 3.8) is 0 Å². The number of imidazole rings is 1. The minimum Gasteiger partial charge on any atom is -0.508 e. The number of phenolic OH excluding ortho intramolecular Hbond substituents is 1. The van der Waals surface area contributed by atoms with E-state index in [1.54, 1.807) is 44.3 Å². The molecule has 4 aromatic rings. The van der Waals surface area contributed by atoms with Gasteiger partial charge in [0.25, 0.3) is 0 Å². The lowest BCUT2D eigenvalue weighted by molar-refractivity contribution is -0.143. The van der Waals surface area contributed by atoms with Crippen LogP contribution >= 0.6 is 0 Å². The highest BCUT2D eigenvalue weighted by atomic mass is 16.4. The first kappa shape index (κ1) is 70.6. The quantitative estimate of drug-likeness (QED) is 0.0117. The first-order chi connectivity index (χ1) is 42.7. The van der Waals surface area contributed by atoms with Gasteiger partial charge < -0.3 is 100 Å². The summed E-state index contributed by atoms with van der Waals surface area (Å²) in [5, 5.41) is 69.4. The molecule has 1 aliphatic rings. The van der Waals surface area contributed by atoms with Gasteiger partial charge in [-0.25, -0.2) is 4.98 Å². The highest BCUT2D eigenvalue weighted by molar-refractivity contribution is 6.00. The smallest absolute Gasteiger partial charge is 0.322 e. The lowest BCUT2D eigenvalue weighted by Crippen LogP contribution is -2.61. The predicted octanol–water partition coefficient (Wildman–Crippen LogP) is -4.03. The number of amides is 9. The molecule has 3 heterocycles. The number of carboxylic acids is 3. The van der Waals surface area contributed by atoms with Crippen LogP contribution in [0.1, 0.15) is 82.0 Å². The largest absolute Gasteiger partial charge is 0.508 e. The van der Waals surface area contributed by atoms with Crippen LogP contribution < -0.4 is 59.7 Å². The van der Waals surface area contributed by atoms with Crippen LogP contribution in [0.25, 0.3) is 10.9 Å². The number of aromatic nitrogens is 3. The standard InChI is InChI=1S/C57H78N16O17/c1-29(2)19-38(49(83)66-37(9-5-17-62-57(59)60)56(90)73-18-6-10-44(73)55(89)64-26-47(80)81)68-53(87)42(23-46(78)79)71-50(84)39(20-30-11-13-33(75)14-12-30)69-54(88)43(27-74)72-51(85)40(21-31-24-63-36-8-4-3-7-34(31)36)70-52(86)41(22-32-25-61-28-65-32)67-48(82)35(58)15-16-45(76)77/h3-4,7-8,11-14,24-25,28-29,35,37-44,63,74-75H,5-6,9-10,15-23,26-27,58H2,1-2H3,(H,61,65)(H,64,89)(H,66,83)(H,67,82)(H,68,87)(H,69,88)(H,70,86)(H,71,84)(H,72,85)(H,76,77)(H,78,79)(H,80,81)(H4,59,60,62)/t35-,37-,38-,39-,40-,41-,42-,43-,44-/m0/s1. The number of nitrogens with zero attached hydrogens (tertiary/aromatic N) is 3. The van der Waals surface area contributed by atoms with Crippen LogP contribution in [-0.4, -0.2) is 203 Å². The number of phenols is 1. The van der Waals surface area contributed by atoms with Crippen LogP contribution in [0.5, 0.6) is 5.75 Å². The summed E-state index contributed by atoms with van der Waals surface area (Å²) in [4.78, 5) is 176. The molecule has 1 saturated heterocycles. The summed E-state index contributed by atoms with van der Waals surface area (Å²) in [7, 11) is 0. The number of aliphatic imine (C=N–C) groups is 1. The van der Waals surface area contributed by atoms with Gasteiger partial charge in [-0.05, 0) is 73.8 Å². The van der Waals surface area contributed by atoms with Crippen LogP contribution in [0.4, 0.5) is 0 Å². The number of fused-ring (bicyclic) bond motifs is 1.